The highest BCUT2D eigenvalue weighted by Gasteiger charge is 2.20. The molecule has 0 aliphatic heterocycles. The van der Waals surface area contributed by atoms with Gasteiger partial charge in [0.05, 0.1) is 6.54 Å². The van der Waals surface area contributed by atoms with Crippen LogP contribution in [-0.2, 0) is 11.8 Å². The van der Waals surface area contributed by atoms with Crippen molar-refractivity contribution in [2.24, 2.45) is 7.05 Å². The first-order valence-corrected chi connectivity index (χ1v) is 9.00. The van der Waals surface area contributed by atoms with Gasteiger partial charge in [0.2, 0.25) is 5.91 Å². The van der Waals surface area contributed by atoms with Crippen molar-refractivity contribution < 1.29 is 9.59 Å². The molecule has 29 heavy (non-hydrogen) atoms. The van der Waals surface area contributed by atoms with Gasteiger partial charge in [-0.3, -0.25) is 4.79 Å². The Bertz CT molecular complexity index is 1040. The van der Waals surface area contributed by atoms with E-state index < -0.39 is 12.1 Å². The molecule has 2 aromatic carbocycles. The second-order valence-corrected chi connectivity index (χ2v) is 6.34. The Balaban J connectivity index is 1.61. The molecular weight excluding hydrogens is 366 g/mol. The molecule has 1 heterocycles. The average molecular weight is 387 g/mol. The Hall–Kier alpha value is -4.05. The topological polar surface area (TPSA) is 88.1 Å². The van der Waals surface area contributed by atoms with Gasteiger partial charge >= 0.3 is 6.03 Å². The highest BCUT2D eigenvalue weighted by atomic mass is 16.2. The quantitative estimate of drug-likeness (QED) is 0.568. The van der Waals surface area contributed by atoms with Crippen molar-refractivity contribution in [3.63, 3.8) is 0 Å². The molecule has 3 rings (SSSR count). The van der Waals surface area contributed by atoms with Gasteiger partial charge in [-0.25, -0.2) is 9.78 Å². The SMILES string of the molecule is C#Cc1cccc(NC(=O)CNC(=O)N[C@@H](c2ccccc2)c2nccn2C)c1. The molecule has 1 aromatic heterocycles. The zero-order chi connectivity index (χ0) is 20.6. The molecular formula is C22H21N5O2. The van der Waals surface area contributed by atoms with Gasteiger partial charge in [-0.05, 0) is 23.8 Å². The minimum atomic E-state index is -0.477. The number of anilines is 1. The zero-order valence-electron chi connectivity index (χ0n) is 15.9. The number of urea groups is 1. The fourth-order valence-electron chi connectivity index (χ4n) is 2.83. The fraction of sp³-hybridized carbons (Fsp3) is 0.136. The predicted molar refractivity (Wildman–Crippen MR) is 111 cm³/mol. The molecule has 0 fully saturated rings. The lowest BCUT2D eigenvalue weighted by atomic mass is 10.1. The molecule has 0 aliphatic carbocycles. The number of aromatic nitrogens is 2. The summed E-state index contributed by atoms with van der Waals surface area (Å²) < 4.78 is 1.84. The largest absolute Gasteiger partial charge is 0.336 e. The standard InChI is InChI=1S/C22H21N5O2/c1-3-16-8-7-11-18(14-16)25-19(28)15-24-22(29)26-20(17-9-5-4-6-10-17)21-23-12-13-27(21)2/h1,4-14,20H,15H2,2H3,(H,25,28)(H2,24,26,29)/t20-/m0/s1. The van der Waals surface area contributed by atoms with Crippen LogP contribution in [0.5, 0.6) is 0 Å². The molecule has 0 radical (unpaired) electrons. The summed E-state index contributed by atoms with van der Waals surface area (Å²) in [7, 11) is 1.86. The third-order valence-electron chi connectivity index (χ3n) is 4.25. The average Bonchev–Trinajstić information content (AvgIpc) is 3.17. The lowest BCUT2D eigenvalue weighted by molar-refractivity contribution is -0.115. The van der Waals surface area contributed by atoms with Gasteiger partial charge in [-0.1, -0.05) is 42.3 Å². The fourth-order valence-corrected chi connectivity index (χ4v) is 2.83. The van der Waals surface area contributed by atoms with Crippen LogP contribution in [0.25, 0.3) is 0 Å². The van der Waals surface area contributed by atoms with Crippen molar-refractivity contribution in [1.82, 2.24) is 20.2 Å². The molecule has 7 heteroatoms. The number of carbonyl (C=O) groups excluding carboxylic acids is 2. The Morgan fingerprint density at radius 2 is 1.97 bits per heavy atom. The van der Waals surface area contributed by atoms with Crippen molar-refractivity contribution in [2.75, 3.05) is 11.9 Å². The first-order chi connectivity index (χ1) is 14.1. The predicted octanol–water partition coefficient (Wildman–Crippen LogP) is 2.43. The van der Waals surface area contributed by atoms with Gasteiger partial charge in [0.25, 0.3) is 0 Å². The van der Waals surface area contributed by atoms with E-state index in [1.165, 1.54) is 0 Å². The summed E-state index contributed by atoms with van der Waals surface area (Å²) in [5.74, 6) is 2.83. The molecule has 0 saturated carbocycles. The molecule has 1 atom stereocenters. The number of nitrogens with zero attached hydrogens (tertiary/aromatic N) is 2. The van der Waals surface area contributed by atoms with E-state index in [0.717, 1.165) is 5.56 Å². The summed E-state index contributed by atoms with van der Waals surface area (Å²) in [5, 5.41) is 8.15. The second-order valence-electron chi connectivity index (χ2n) is 6.34. The Labute approximate surface area is 169 Å². The van der Waals surface area contributed by atoms with Gasteiger partial charge in [0, 0.05) is 30.7 Å². The number of benzene rings is 2. The van der Waals surface area contributed by atoms with Crippen molar-refractivity contribution in [3.8, 4) is 12.3 Å². The number of rotatable bonds is 6. The molecule has 0 bridgehead atoms. The lowest BCUT2D eigenvalue weighted by Gasteiger charge is -2.19. The van der Waals surface area contributed by atoms with E-state index in [-0.39, 0.29) is 12.5 Å². The number of aryl methyl sites for hydroxylation is 1. The highest BCUT2D eigenvalue weighted by molar-refractivity contribution is 5.94. The van der Waals surface area contributed by atoms with Crippen LogP contribution in [0.2, 0.25) is 0 Å². The number of carbonyl (C=O) groups is 2. The van der Waals surface area contributed by atoms with E-state index in [9.17, 15) is 9.59 Å². The Morgan fingerprint density at radius 1 is 1.17 bits per heavy atom. The Morgan fingerprint density at radius 3 is 2.66 bits per heavy atom. The minimum absolute atomic E-state index is 0.186. The zero-order valence-corrected chi connectivity index (χ0v) is 15.9. The molecule has 0 unspecified atom stereocenters. The van der Waals surface area contributed by atoms with Crippen LogP contribution in [0.3, 0.4) is 0 Å². The molecule has 3 amide bonds. The second kappa shape index (κ2) is 9.24. The summed E-state index contributed by atoms with van der Waals surface area (Å²) in [6.07, 6.45) is 8.84. The van der Waals surface area contributed by atoms with Crippen LogP contribution in [0.15, 0.2) is 67.0 Å². The summed E-state index contributed by atoms with van der Waals surface area (Å²) >= 11 is 0. The van der Waals surface area contributed by atoms with Gasteiger partial charge < -0.3 is 20.5 Å². The maximum atomic E-state index is 12.4. The van der Waals surface area contributed by atoms with E-state index in [1.807, 2.05) is 48.1 Å². The maximum Gasteiger partial charge on any atom is 0.316 e. The minimum Gasteiger partial charge on any atom is -0.336 e. The van der Waals surface area contributed by atoms with E-state index in [4.69, 9.17) is 6.42 Å². The number of amides is 3. The molecule has 3 aromatic rings. The van der Waals surface area contributed by atoms with Crippen LogP contribution in [0, 0.1) is 12.3 Å². The first-order valence-electron chi connectivity index (χ1n) is 9.00. The van der Waals surface area contributed by atoms with Crippen LogP contribution in [-0.4, -0.2) is 28.0 Å². The molecule has 0 saturated heterocycles. The maximum absolute atomic E-state index is 12.4. The molecule has 7 nitrogen and oxygen atoms in total. The number of terminal acetylenes is 1. The summed E-state index contributed by atoms with van der Waals surface area (Å²) in [4.78, 5) is 28.9. The van der Waals surface area contributed by atoms with Crippen LogP contribution >= 0.6 is 0 Å². The van der Waals surface area contributed by atoms with Crippen molar-refractivity contribution >= 4 is 17.6 Å². The normalized spacial score (nSPS) is 11.2. The number of hydrogen-bond donors (Lipinski definition) is 3. The molecule has 0 aliphatic rings. The van der Waals surface area contributed by atoms with E-state index >= 15 is 0 Å². The van der Waals surface area contributed by atoms with E-state index in [1.54, 1.807) is 30.5 Å². The van der Waals surface area contributed by atoms with Gasteiger partial charge in [0.15, 0.2) is 0 Å². The van der Waals surface area contributed by atoms with Crippen molar-refractivity contribution in [1.29, 1.82) is 0 Å². The van der Waals surface area contributed by atoms with Crippen molar-refractivity contribution in [3.05, 3.63) is 83.9 Å². The first kappa shape index (κ1) is 19.7. The van der Waals surface area contributed by atoms with Crippen LogP contribution < -0.4 is 16.0 Å². The molecule has 146 valence electrons. The third-order valence-corrected chi connectivity index (χ3v) is 4.25. The monoisotopic (exact) mass is 387 g/mol. The van der Waals surface area contributed by atoms with Crippen LogP contribution in [0.1, 0.15) is 23.0 Å². The summed E-state index contributed by atoms with van der Waals surface area (Å²) in [6, 6.07) is 15.5. The summed E-state index contributed by atoms with van der Waals surface area (Å²) in [6.45, 7) is -0.186. The number of imidazole rings is 1. The smallest absolute Gasteiger partial charge is 0.316 e. The van der Waals surface area contributed by atoms with Crippen molar-refractivity contribution in [2.45, 2.75) is 6.04 Å². The Kier molecular flexibility index (Phi) is 6.28. The molecule has 3 N–H and O–H groups in total. The van der Waals surface area contributed by atoms with Crippen LogP contribution in [0.4, 0.5) is 10.5 Å². The third kappa shape index (κ3) is 5.23. The highest BCUT2D eigenvalue weighted by Crippen LogP contribution is 2.19. The van der Waals surface area contributed by atoms with Gasteiger partial charge in [0.1, 0.15) is 11.9 Å². The number of hydrogen-bond acceptors (Lipinski definition) is 3. The number of nitrogens with one attached hydrogen (secondary N) is 3. The van der Waals surface area contributed by atoms with Gasteiger partial charge in [-0.2, -0.15) is 0 Å². The van der Waals surface area contributed by atoms with Gasteiger partial charge in [-0.15, -0.1) is 6.42 Å². The molecule has 0 spiro atoms. The van der Waals surface area contributed by atoms with E-state index in [0.29, 0.717) is 17.1 Å². The summed E-state index contributed by atoms with van der Waals surface area (Å²) in [5.41, 5.74) is 2.12. The van der Waals surface area contributed by atoms with E-state index in [2.05, 4.69) is 26.9 Å². The lowest BCUT2D eigenvalue weighted by Crippen LogP contribution is -2.42.